The van der Waals surface area contributed by atoms with Crippen molar-refractivity contribution in [1.82, 2.24) is 15.6 Å². The van der Waals surface area contributed by atoms with Crippen molar-refractivity contribution in [3.63, 3.8) is 0 Å². The molecule has 1 unspecified atom stereocenters. The highest BCUT2D eigenvalue weighted by Gasteiger charge is 2.15. The van der Waals surface area contributed by atoms with Crippen LogP contribution in [-0.2, 0) is 6.42 Å². The Labute approximate surface area is 137 Å². The molecule has 1 atom stereocenters. The van der Waals surface area contributed by atoms with Crippen LogP contribution in [0.3, 0.4) is 0 Å². The Hall–Kier alpha value is -2.20. The molecule has 4 nitrogen and oxygen atoms in total. The number of nitrogens with zero attached hydrogens (tertiary/aromatic N) is 1. The van der Waals surface area contributed by atoms with E-state index in [1.807, 2.05) is 24.3 Å². The molecule has 1 fully saturated rings. The van der Waals surface area contributed by atoms with Gasteiger partial charge in [0, 0.05) is 31.0 Å². The highest BCUT2D eigenvalue weighted by molar-refractivity contribution is 5.94. The molecule has 0 radical (unpaired) electrons. The van der Waals surface area contributed by atoms with Gasteiger partial charge < -0.3 is 10.6 Å². The number of hydrogen-bond acceptors (Lipinski definition) is 3. The minimum Gasteiger partial charge on any atom is -0.352 e. The fourth-order valence-corrected chi connectivity index (χ4v) is 3.01. The molecule has 2 aromatic rings. The van der Waals surface area contributed by atoms with E-state index in [0.717, 1.165) is 25.1 Å². The zero-order valence-corrected chi connectivity index (χ0v) is 13.3. The standard InChI is InChI=1S/C19H23N3O/c23-19(22-13-9-15-7-11-20-12-8-15)17-5-3-16(4-6-17)18-2-1-10-21-14-18/h3-8,11-12,18,21H,1-2,9-10,13-14H2,(H,22,23). The first-order valence-electron chi connectivity index (χ1n) is 8.31. The first kappa shape index (κ1) is 15.7. The van der Waals surface area contributed by atoms with Crippen molar-refractivity contribution < 1.29 is 4.79 Å². The summed E-state index contributed by atoms with van der Waals surface area (Å²) in [5, 5.41) is 6.41. The minimum atomic E-state index is -0.00706. The minimum absolute atomic E-state index is 0.00706. The molecule has 1 saturated heterocycles. The molecule has 0 bridgehead atoms. The second kappa shape index (κ2) is 7.88. The van der Waals surface area contributed by atoms with E-state index in [2.05, 4.69) is 27.8 Å². The number of hydrogen-bond donors (Lipinski definition) is 2. The van der Waals surface area contributed by atoms with E-state index in [0.29, 0.717) is 12.5 Å². The number of carbonyl (C=O) groups excluding carboxylic acids is 1. The summed E-state index contributed by atoms with van der Waals surface area (Å²) in [5.41, 5.74) is 3.23. The lowest BCUT2D eigenvalue weighted by Crippen LogP contribution is -2.28. The van der Waals surface area contributed by atoms with Gasteiger partial charge in [0.2, 0.25) is 0 Å². The third-order valence-corrected chi connectivity index (χ3v) is 4.39. The van der Waals surface area contributed by atoms with Crippen molar-refractivity contribution in [2.45, 2.75) is 25.2 Å². The van der Waals surface area contributed by atoms with E-state index in [1.165, 1.54) is 24.0 Å². The molecule has 1 aliphatic heterocycles. The maximum absolute atomic E-state index is 12.2. The summed E-state index contributed by atoms with van der Waals surface area (Å²) in [6.07, 6.45) is 6.82. The summed E-state index contributed by atoms with van der Waals surface area (Å²) in [6.45, 7) is 2.79. The van der Waals surface area contributed by atoms with Gasteiger partial charge in [-0.1, -0.05) is 12.1 Å². The summed E-state index contributed by atoms with van der Waals surface area (Å²) < 4.78 is 0. The molecule has 2 N–H and O–H groups in total. The lowest BCUT2D eigenvalue weighted by molar-refractivity contribution is 0.0954. The van der Waals surface area contributed by atoms with Crippen LogP contribution in [0.4, 0.5) is 0 Å². The molecule has 0 saturated carbocycles. The predicted octanol–water partition coefficient (Wildman–Crippen LogP) is 2.52. The molecule has 4 heteroatoms. The van der Waals surface area contributed by atoms with Crippen LogP contribution in [0.2, 0.25) is 0 Å². The molecule has 2 heterocycles. The third-order valence-electron chi connectivity index (χ3n) is 4.39. The van der Waals surface area contributed by atoms with Crippen molar-refractivity contribution in [1.29, 1.82) is 0 Å². The molecule has 0 aliphatic carbocycles. The molecular formula is C19H23N3O. The van der Waals surface area contributed by atoms with Gasteiger partial charge >= 0.3 is 0 Å². The predicted molar refractivity (Wildman–Crippen MR) is 91.6 cm³/mol. The Morgan fingerprint density at radius 3 is 2.65 bits per heavy atom. The van der Waals surface area contributed by atoms with E-state index in [-0.39, 0.29) is 5.91 Å². The average Bonchev–Trinajstić information content (AvgIpc) is 2.63. The number of benzene rings is 1. The second-order valence-electron chi connectivity index (χ2n) is 6.03. The van der Waals surface area contributed by atoms with Gasteiger partial charge in [0.1, 0.15) is 0 Å². The zero-order chi connectivity index (χ0) is 15.9. The molecular weight excluding hydrogens is 286 g/mol. The van der Waals surface area contributed by atoms with Crippen LogP contribution < -0.4 is 10.6 Å². The normalized spacial score (nSPS) is 17.7. The highest BCUT2D eigenvalue weighted by Crippen LogP contribution is 2.23. The summed E-state index contributed by atoms with van der Waals surface area (Å²) in [4.78, 5) is 16.2. The molecule has 1 aromatic heterocycles. The molecule has 120 valence electrons. The maximum atomic E-state index is 12.2. The van der Waals surface area contributed by atoms with Gasteiger partial charge in [0.05, 0.1) is 0 Å². The Bertz CT molecular complexity index is 619. The average molecular weight is 309 g/mol. The summed E-state index contributed by atoms with van der Waals surface area (Å²) in [7, 11) is 0. The van der Waals surface area contributed by atoms with Gasteiger partial charge in [-0.05, 0) is 67.1 Å². The van der Waals surface area contributed by atoms with Crippen LogP contribution in [0.5, 0.6) is 0 Å². The Morgan fingerprint density at radius 1 is 1.17 bits per heavy atom. The summed E-state index contributed by atoms with van der Waals surface area (Å²) in [5.74, 6) is 0.569. The molecule has 3 rings (SSSR count). The molecule has 1 aromatic carbocycles. The van der Waals surface area contributed by atoms with Crippen LogP contribution in [0.15, 0.2) is 48.8 Å². The maximum Gasteiger partial charge on any atom is 0.251 e. The van der Waals surface area contributed by atoms with E-state index in [9.17, 15) is 4.79 Å². The van der Waals surface area contributed by atoms with Crippen molar-refractivity contribution in [2.24, 2.45) is 0 Å². The molecule has 1 aliphatic rings. The number of nitrogens with one attached hydrogen (secondary N) is 2. The van der Waals surface area contributed by atoms with Gasteiger partial charge in [-0.15, -0.1) is 0 Å². The van der Waals surface area contributed by atoms with Crippen molar-refractivity contribution >= 4 is 5.91 Å². The van der Waals surface area contributed by atoms with Gasteiger partial charge in [0.15, 0.2) is 0 Å². The van der Waals surface area contributed by atoms with E-state index in [1.54, 1.807) is 12.4 Å². The largest absolute Gasteiger partial charge is 0.352 e. The van der Waals surface area contributed by atoms with Gasteiger partial charge in [-0.3, -0.25) is 9.78 Å². The Balaban J connectivity index is 1.51. The Kier molecular flexibility index (Phi) is 5.37. The van der Waals surface area contributed by atoms with Crippen LogP contribution in [0.1, 0.15) is 40.2 Å². The number of carbonyl (C=O) groups is 1. The second-order valence-corrected chi connectivity index (χ2v) is 6.03. The lowest BCUT2D eigenvalue weighted by Gasteiger charge is -2.23. The van der Waals surface area contributed by atoms with Crippen molar-refractivity contribution in [3.8, 4) is 0 Å². The van der Waals surface area contributed by atoms with Crippen molar-refractivity contribution in [3.05, 3.63) is 65.5 Å². The van der Waals surface area contributed by atoms with E-state index >= 15 is 0 Å². The van der Waals surface area contributed by atoms with Crippen molar-refractivity contribution in [2.75, 3.05) is 19.6 Å². The van der Waals surface area contributed by atoms with E-state index < -0.39 is 0 Å². The fourth-order valence-electron chi connectivity index (χ4n) is 3.01. The van der Waals surface area contributed by atoms with Crippen LogP contribution >= 0.6 is 0 Å². The summed E-state index contributed by atoms with van der Waals surface area (Å²) >= 11 is 0. The molecule has 0 spiro atoms. The number of piperidine rings is 1. The topological polar surface area (TPSA) is 54.0 Å². The zero-order valence-electron chi connectivity index (χ0n) is 13.3. The first-order valence-corrected chi connectivity index (χ1v) is 8.31. The Morgan fingerprint density at radius 2 is 1.96 bits per heavy atom. The third kappa shape index (κ3) is 4.39. The molecule has 1 amide bonds. The summed E-state index contributed by atoms with van der Waals surface area (Å²) in [6, 6.07) is 12.0. The smallest absolute Gasteiger partial charge is 0.251 e. The van der Waals surface area contributed by atoms with Crippen LogP contribution in [0.25, 0.3) is 0 Å². The van der Waals surface area contributed by atoms with Crippen LogP contribution in [0, 0.1) is 0 Å². The highest BCUT2D eigenvalue weighted by atomic mass is 16.1. The quantitative estimate of drug-likeness (QED) is 0.892. The van der Waals surface area contributed by atoms with Gasteiger partial charge in [0.25, 0.3) is 5.91 Å². The van der Waals surface area contributed by atoms with Gasteiger partial charge in [-0.2, -0.15) is 0 Å². The number of aromatic nitrogens is 1. The number of pyridine rings is 1. The van der Waals surface area contributed by atoms with E-state index in [4.69, 9.17) is 0 Å². The first-order chi connectivity index (χ1) is 11.3. The number of amides is 1. The SMILES string of the molecule is O=C(NCCc1ccncc1)c1ccc(C2CCCNC2)cc1. The van der Waals surface area contributed by atoms with Gasteiger partial charge in [-0.25, -0.2) is 0 Å². The monoisotopic (exact) mass is 309 g/mol. The molecule has 23 heavy (non-hydrogen) atoms. The number of rotatable bonds is 5. The lowest BCUT2D eigenvalue weighted by atomic mass is 9.91. The van der Waals surface area contributed by atoms with Crippen LogP contribution in [-0.4, -0.2) is 30.5 Å². The fraction of sp³-hybridized carbons (Fsp3) is 0.368.